The second-order valence-corrected chi connectivity index (χ2v) is 7.61. The van der Waals surface area contributed by atoms with Gasteiger partial charge in [-0.3, -0.25) is 9.59 Å². The largest absolute Gasteiger partial charge is 0.454 e. The summed E-state index contributed by atoms with van der Waals surface area (Å²) in [5.41, 5.74) is 1.81. The van der Waals surface area contributed by atoms with Crippen LogP contribution in [-0.2, 0) is 0 Å². The van der Waals surface area contributed by atoms with Gasteiger partial charge in [0.05, 0.1) is 11.3 Å². The molecule has 3 aliphatic heterocycles. The first-order valence-corrected chi connectivity index (χ1v) is 9.99. The molecule has 7 heteroatoms. The number of hydrogen-bond acceptors (Lipinski definition) is 5. The minimum absolute atomic E-state index is 0.0243. The topological polar surface area (TPSA) is 71.1 Å². The fraction of sp³-hybridized carbons (Fsp3) is 0.364. The monoisotopic (exact) mass is 393 g/mol. The molecule has 2 aromatic rings. The van der Waals surface area contributed by atoms with Gasteiger partial charge in [0.1, 0.15) is 5.66 Å². The number of amides is 2. The van der Waals surface area contributed by atoms with Crippen LogP contribution in [0.4, 0.5) is 5.69 Å². The molecule has 1 N–H and O–H groups in total. The Morgan fingerprint density at radius 3 is 2.66 bits per heavy atom. The summed E-state index contributed by atoms with van der Waals surface area (Å²) in [6, 6.07) is 13.0. The number of fused-ring (bicyclic) bond motifs is 2. The predicted molar refractivity (Wildman–Crippen MR) is 107 cm³/mol. The van der Waals surface area contributed by atoms with Crippen LogP contribution in [-0.4, -0.2) is 48.8 Å². The van der Waals surface area contributed by atoms with Crippen molar-refractivity contribution >= 4 is 17.5 Å². The van der Waals surface area contributed by atoms with Gasteiger partial charge in [-0.25, -0.2) is 0 Å². The first-order chi connectivity index (χ1) is 14.1. The van der Waals surface area contributed by atoms with E-state index in [0.717, 1.165) is 12.2 Å². The number of carbonyl (C=O) groups is 2. The molecule has 2 aromatic carbocycles. The van der Waals surface area contributed by atoms with Gasteiger partial charge in [0.25, 0.3) is 11.8 Å². The fourth-order valence-electron chi connectivity index (χ4n) is 4.64. The van der Waals surface area contributed by atoms with Crippen molar-refractivity contribution in [2.75, 3.05) is 31.3 Å². The van der Waals surface area contributed by atoms with E-state index >= 15 is 0 Å². The summed E-state index contributed by atoms with van der Waals surface area (Å²) in [4.78, 5) is 29.9. The second kappa shape index (κ2) is 6.69. The van der Waals surface area contributed by atoms with Crippen LogP contribution in [0, 0.1) is 0 Å². The lowest BCUT2D eigenvalue weighted by Crippen LogP contribution is -2.68. The molecule has 1 fully saturated rings. The molecule has 0 unspecified atom stereocenters. The molecule has 150 valence electrons. The van der Waals surface area contributed by atoms with Crippen LogP contribution in [0.5, 0.6) is 11.5 Å². The summed E-state index contributed by atoms with van der Waals surface area (Å²) in [7, 11) is 0. The van der Waals surface area contributed by atoms with E-state index in [1.807, 2.05) is 29.2 Å². The Balaban J connectivity index is 1.36. The number of nitrogens with one attached hydrogen (secondary N) is 1. The van der Waals surface area contributed by atoms with E-state index in [-0.39, 0.29) is 18.6 Å². The molecule has 2 amide bonds. The van der Waals surface area contributed by atoms with Crippen molar-refractivity contribution in [3.05, 3.63) is 53.6 Å². The molecule has 1 spiro atoms. The van der Waals surface area contributed by atoms with E-state index in [1.165, 1.54) is 0 Å². The quantitative estimate of drug-likeness (QED) is 0.849. The van der Waals surface area contributed by atoms with E-state index in [2.05, 4.69) is 17.1 Å². The maximum absolute atomic E-state index is 13.0. The number of anilines is 1. The zero-order chi connectivity index (χ0) is 20.0. The lowest BCUT2D eigenvalue weighted by Gasteiger charge is -2.52. The zero-order valence-corrected chi connectivity index (χ0v) is 16.3. The van der Waals surface area contributed by atoms with Gasteiger partial charge >= 0.3 is 0 Å². The van der Waals surface area contributed by atoms with Gasteiger partial charge in [-0.1, -0.05) is 12.1 Å². The highest BCUT2D eigenvalue weighted by Gasteiger charge is 2.45. The van der Waals surface area contributed by atoms with E-state index in [0.29, 0.717) is 48.6 Å². The van der Waals surface area contributed by atoms with Crippen LogP contribution in [0.1, 0.15) is 40.5 Å². The minimum atomic E-state index is -0.453. The molecule has 0 radical (unpaired) electrons. The average Bonchev–Trinajstić information content (AvgIpc) is 3.22. The highest BCUT2D eigenvalue weighted by atomic mass is 16.7. The van der Waals surface area contributed by atoms with Crippen LogP contribution < -0.4 is 19.7 Å². The molecule has 0 saturated carbocycles. The Hall–Kier alpha value is -3.22. The van der Waals surface area contributed by atoms with Crippen LogP contribution in [0.15, 0.2) is 42.5 Å². The smallest absolute Gasteiger partial charge is 0.255 e. The van der Waals surface area contributed by atoms with Gasteiger partial charge in [-0.15, -0.1) is 0 Å². The van der Waals surface area contributed by atoms with Crippen molar-refractivity contribution in [3.8, 4) is 11.5 Å². The lowest BCUT2D eigenvalue weighted by atomic mass is 9.89. The van der Waals surface area contributed by atoms with Crippen molar-refractivity contribution in [1.29, 1.82) is 0 Å². The molecule has 1 saturated heterocycles. The number of rotatable bonds is 2. The standard InChI is InChI=1S/C22H23N3O4/c1-2-25-17-6-4-3-5-16(17)20(26)23-22(25)9-11-24(12-10-22)21(27)15-7-8-18-19(13-15)29-14-28-18/h3-8,13H,2,9-12,14H2,1H3,(H,23,26). The SMILES string of the molecule is CCN1c2ccccc2C(=O)NC12CCN(C(=O)c1ccc3c(c1)OCO3)CC2. The third kappa shape index (κ3) is 2.80. The molecule has 5 rings (SSSR count). The molecule has 0 bridgehead atoms. The van der Waals surface area contributed by atoms with E-state index in [1.54, 1.807) is 18.2 Å². The third-order valence-corrected chi connectivity index (χ3v) is 6.12. The summed E-state index contributed by atoms with van der Waals surface area (Å²) < 4.78 is 10.7. The molecule has 3 aliphatic rings. The predicted octanol–water partition coefficient (Wildman–Crippen LogP) is 2.62. The normalized spacial score (nSPS) is 19.1. The summed E-state index contributed by atoms with van der Waals surface area (Å²) >= 11 is 0. The molecular formula is C22H23N3O4. The van der Waals surface area contributed by atoms with Crippen molar-refractivity contribution in [2.45, 2.75) is 25.4 Å². The Labute approximate surface area is 169 Å². The Morgan fingerprint density at radius 2 is 1.86 bits per heavy atom. The number of carbonyl (C=O) groups excluding carboxylic acids is 2. The zero-order valence-electron chi connectivity index (χ0n) is 16.3. The van der Waals surface area contributed by atoms with Crippen LogP contribution in [0.3, 0.4) is 0 Å². The maximum Gasteiger partial charge on any atom is 0.255 e. The minimum Gasteiger partial charge on any atom is -0.454 e. The van der Waals surface area contributed by atoms with E-state index < -0.39 is 5.66 Å². The van der Waals surface area contributed by atoms with Crippen molar-refractivity contribution in [1.82, 2.24) is 10.2 Å². The van der Waals surface area contributed by atoms with E-state index in [9.17, 15) is 9.59 Å². The number of ether oxygens (including phenoxy) is 2. The van der Waals surface area contributed by atoms with Crippen LogP contribution >= 0.6 is 0 Å². The van der Waals surface area contributed by atoms with Gasteiger partial charge in [-0.2, -0.15) is 0 Å². The van der Waals surface area contributed by atoms with Crippen molar-refractivity contribution in [2.24, 2.45) is 0 Å². The molecule has 0 atom stereocenters. The molecule has 0 aliphatic carbocycles. The third-order valence-electron chi connectivity index (χ3n) is 6.12. The number of benzene rings is 2. The van der Waals surface area contributed by atoms with Gasteiger partial charge in [0.2, 0.25) is 6.79 Å². The molecule has 0 aromatic heterocycles. The number of likely N-dealkylation sites (tertiary alicyclic amines) is 1. The Kier molecular flexibility index (Phi) is 4.12. The average molecular weight is 393 g/mol. The first-order valence-electron chi connectivity index (χ1n) is 9.99. The molecule has 29 heavy (non-hydrogen) atoms. The summed E-state index contributed by atoms with van der Waals surface area (Å²) in [5, 5.41) is 3.23. The maximum atomic E-state index is 13.0. The number of nitrogens with zero attached hydrogens (tertiary/aromatic N) is 2. The van der Waals surface area contributed by atoms with Gasteiger partial charge < -0.3 is 24.6 Å². The van der Waals surface area contributed by atoms with Gasteiger partial charge in [-0.05, 0) is 37.3 Å². The summed E-state index contributed by atoms with van der Waals surface area (Å²) in [5.74, 6) is 1.21. The molecule has 3 heterocycles. The number of piperidine rings is 1. The van der Waals surface area contributed by atoms with Gasteiger partial charge in [0.15, 0.2) is 11.5 Å². The van der Waals surface area contributed by atoms with Gasteiger partial charge in [0, 0.05) is 38.0 Å². The lowest BCUT2D eigenvalue weighted by molar-refractivity contribution is 0.0603. The highest BCUT2D eigenvalue weighted by molar-refractivity contribution is 6.02. The van der Waals surface area contributed by atoms with E-state index in [4.69, 9.17) is 9.47 Å². The van der Waals surface area contributed by atoms with Crippen molar-refractivity contribution in [3.63, 3.8) is 0 Å². The Bertz CT molecular complexity index is 982. The molecular weight excluding hydrogens is 370 g/mol. The second-order valence-electron chi connectivity index (χ2n) is 7.61. The number of para-hydroxylation sites is 1. The number of hydrogen-bond donors (Lipinski definition) is 1. The Morgan fingerprint density at radius 1 is 1.10 bits per heavy atom. The van der Waals surface area contributed by atoms with Crippen molar-refractivity contribution < 1.29 is 19.1 Å². The molecule has 7 nitrogen and oxygen atoms in total. The van der Waals surface area contributed by atoms with Crippen LogP contribution in [0.25, 0.3) is 0 Å². The fourth-order valence-corrected chi connectivity index (χ4v) is 4.64. The summed E-state index contributed by atoms with van der Waals surface area (Å²) in [6.07, 6.45) is 1.36. The highest BCUT2D eigenvalue weighted by Crippen LogP contribution is 2.38. The van der Waals surface area contributed by atoms with Crippen LogP contribution in [0.2, 0.25) is 0 Å². The summed E-state index contributed by atoms with van der Waals surface area (Å²) in [6.45, 7) is 4.22. The first kappa shape index (κ1) is 17.8.